The van der Waals surface area contributed by atoms with Crippen LogP contribution in [-0.4, -0.2) is 9.13 Å². The van der Waals surface area contributed by atoms with Gasteiger partial charge in [0.05, 0.1) is 11.0 Å². The summed E-state index contributed by atoms with van der Waals surface area (Å²) in [5.74, 6) is 0. The zero-order valence-corrected chi connectivity index (χ0v) is 22.9. The number of para-hydroxylation sites is 2. The third-order valence-corrected chi connectivity index (χ3v) is 8.67. The van der Waals surface area contributed by atoms with E-state index in [1.54, 1.807) is 6.08 Å². The van der Waals surface area contributed by atoms with Crippen LogP contribution < -0.4 is 0 Å². The predicted molar refractivity (Wildman–Crippen MR) is 178 cm³/mol. The van der Waals surface area contributed by atoms with Crippen LogP contribution in [0.25, 0.3) is 76.4 Å². The molecule has 2 aromatic heterocycles. The lowest BCUT2D eigenvalue weighted by Crippen LogP contribution is -1.94. The van der Waals surface area contributed by atoms with Crippen LogP contribution in [0.3, 0.4) is 0 Å². The summed E-state index contributed by atoms with van der Waals surface area (Å²) < 4.78 is 4.71. The van der Waals surface area contributed by atoms with E-state index >= 15 is 0 Å². The number of aromatic nitrogens is 2. The van der Waals surface area contributed by atoms with Gasteiger partial charge in [-0.2, -0.15) is 0 Å². The van der Waals surface area contributed by atoms with Gasteiger partial charge in [0.15, 0.2) is 0 Å². The van der Waals surface area contributed by atoms with Gasteiger partial charge in [0.2, 0.25) is 0 Å². The van der Waals surface area contributed by atoms with Gasteiger partial charge in [-0.15, -0.1) is 0 Å². The van der Waals surface area contributed by atoms with Crippen molar-refractivity contribution in [2.24, 2.45) is 7.05 Å². The molecule has 8 aromatic rings. The molecule has 194 valence electrons. The highest BCUT2D eigenvalue weighted by Gasteiger charge is 2.18. The summed E-state index contributed by atoms with van der Waals surface area (Å²) in [7, 11) is 2.17. The Balaban J connectivity index is 1.49. The molecule has 0 aliphatic carbocycles. The van der Waals surface area contributed by atoms with Crippen molar-refractivity contribution in [3.8, 4) is 5.69 Å². The smallest absolute Gasteiger partial charge is 0.0547 e. The molecule has 0 saturated carbocycles. The maximum Gasteiger partial charge on any atom is 0.0547 e. The molecule has 0 amide bonds. The maximum absolute atomic E-state index is 3.98. The molecule has 2 nitrogen and oxygen atoms in total. The zero-order valence-electron chi connectivity index (χ0n) is 22.9. The summed E-state index contributed by atoms with van der Waals surface area (Å²) in [4.78, 5) is 0. The summed E-state index contributed by atoms with van der Waals surface area (Å²) in [6.07, 6.45) is 5.67. The quantitative estimate of drug-likeness (QED) is 0.160. The number of aryl methyl sites for hydroxylation is 1. The number of fused-ring (bicyclic) bond motifs is 11. The van der Waals surface area contributed by atoms with Gasteiger partial charge in [-0.25, -0.2) is 0 Å². The Morgan fingerprint density at radius 3 is 1.95 bits per heavy atom. The first kappa shape index (κ1) is 23.5. The minimum atomic E-state index is 1.06. The van der Waals surface area contributed by atoms with Crippen LogP contribution in [0.5, 0.6) is 0 Å². The van der Waals surface area contributed by atoms with Crippen LogP contribution in [0.15, 0.2) is 141 Å². The number of hydrogen-bond acceptors (Lipinski definition) is 0. The third kappa shape index (κ3) is 3.25. The van der Waals surface area contributed by atoms with E-state index < -0.39 is 0 Å². The van der Waals surface area contributed by atoms with Crippen LogP contribution in [-0.2, 0) is 7.05 Å². The zero-order chi connectivity index (χ0) is 27.7. The van der Waals surface area contributed by atoms with E-state index in [2.05, 4.69) is 139 Å². The van der Waals surface area contributed by atoms with E-state index in [0.29, 0.717) is 0 Å². The second-order valence-corrected chi connectivity index (χ2v) is 10.7. The fraction of sp³-hybridized carbons (Fsp3) is 0.0256. The number of allylic oxidation sites excluding steroid dienone is 4. The minimum Gasteiger partial charge on any atom is -0.344 e. The molecular formula is C39H28N2. The lowest BCUT2D eigenvalue weighted by atomic mass is 9.95. The first-order valence-electron chi connectivity index (χ1n) is 14.0. The van der Waals surface area contributed by atoms with Crippen LogP contribution >= 0.6 is 0 Å². The molecule has 0 aliphatic rings. The van der Waals surface area contributed by atoms with Crippen LogP contribution in [0.4, 0.5) is 0 Å². The molecule has 0 saturated heterocycles. The molecule has 0 radical (unpaired) electrons. The van der Waals surface area contributed by atoms with Crippen molar-refractivity contribution in [2.75, 3.05) is 0 Å². The summed E-state index contributed by atoms with van der Waals surface area (Å²) in [5, 5.41) is 10.3. The van der Waals surface area contributed by atoms with Gasteiger partial charge in [-0.1, -0.05) is 104 Å². The maximum atomic E-state index is 3.98. The molecule has 0 N–H and O–H groups in total. The van der Waals surface area contributed by atoms with Crippen molar-refractivity contribution in [2.45, 2.75) is 0 Å². The topological polar surface area (TPSA) is 9.86 Å². The molecule has 8 rings (SSSR count). The molecule has 0 fully saturated rings. The first-order chi connectivity index (χ1) is 20.2. The van der Waals surface area contributed by atoms with Gasteiger partial charge in [-0.3, -0.25) is 0 Å². The summed E-state index contributed by atoms with van der Waals surface area (Å²) >= 11 is 0. The summed E-state index contributed by atoms with van der Waals surface area (Å²) in [6, 6.07) is 40.0. The van der Waals surface area contributed by atoms with E-state index in [-0.39, 0.29) is 0 Å². The highest BCUT2D eigenvalue weighted by atomic mass is 15.0. The second-order valence-electron chi connectivity index (χ2n) is 10.7. The van der Waals surface area contributed by atoms with Crippen molar-refractivity contribution in [3.05, 3.63) is 146 Å². The number of benzene rings is 6. The predicted octanol–water partition coefficient (Wildman–Crippen LogP) is 10.5. The molecule has 0 spiro atoms. The minimum absolute atomic E-state index is 1.06. The molecule has 0 aliphatic heterocycles. The Hall–Kier alpha value is -5.34. The van der Waals surface area contributed by atoms with Crippen molar-refractivity contribution in [1.29, 1.82) is 0 Å². The van der Waals surface area contributed by atoms with Crippen LogP contribution in [0, 0.1) is 0 Å². The van der Waals surface area contributed by atoms with E-state index in [0.717, 1.165) is 16.8 Å². The Morgan fingerprint density at radius 2 is 1.20 bits per heavy atom. The van der Waals surface area contributed by atoms with Crippen molar-refractivity contribution in [3.63, 3.8) is 0 Å². The van der Waals surface area contributed by atoms with E-state index in [1.807, 2.05) is 12.2 Å². The molecule has 0 bridgehead atoms. The Morgan fingerprint density at radius 1 is 0.561 bits per heavy atom. The van der Waals surface area contributed by atoms with E-state index in [4.69, 9.17) is 0 Å². The molecule has 2 heterocycles. The molecule has 0 atom stereocenters. The van der Waals surface area contributed by atoms with Crippen molar-refractivity contribution in [1.82, 2.24) is 9.13 Å². The van der Waals surface area contributed by atoms with Crippen LogP contribution in [0.1, 0.15) is 5.56 Å². The first-order valence-corrected chi connectivity index (χ1v) is 14.0. The molecular weight excluding hydrogens is 496 g/mol. The van der Waals surface area contributed by atoms with Gasteiger partial charge in [0.1, 0.15) is 0 Å². The molecule has 41 heavy (non-hydrogen) atoms. The van der Waals surface area contributed by atoms with Crippen molar-refractivity contribution < 1.29 is 0 Å². The van der Waals surface area contributed by atoms with Crippen LogP contribution in [0.2, 0.25) is 0 Å². The van der Waals surface area contributed by atoms with Gasteiger partial charge >= 0.3 is 0 Å². The fourth-order valence-electron chi connectivity index (χ4n) is 6.84. The number of hydrogen-bond donors (Lipinski definition) is 0. The lowest BCUT2D eigenvalue weighted by Gasteiger charge is -2.11. The average molecular weight is 525 g/mol. The Bertz CT molecular complexity index is 2390. The van der Waals surface area contributed by atoms with Gasteiger partial charge in [0, 0.05) is 45.3 Å². The average Bonchev–Trinajstić information content (AvgIpc) is 3.52. The Kier molecular flexibility index (Phi) is 5.07. The molecule has 2 heteroatoms. The van der Waals surface area contributed by atoms with Gasteiger partial charge in [-0.05, 0) is 69.1 Å². The van der Waals surface area contributed by atoms with Gasteiger partial charge < -0.3 is 9.13 Å². The van der Waals surface area contributed by atoms with E-state index in [9.17, 15) is 0 Å². The monoisotopic (exact) mass is 524 g/mol. The van der Waals surface area contributed by atoms with Crippen molar-refractivity contribution >= 4 is 70.7 Å². The van der Waals surface area contributed by atoms with E-state index in [1.165, 1.54) is 65.2 Å². The summed E-state index contributed by atoms with van der Waals surface area (Å²) in [5.41, 5.74) is 8.26. The lowest BCUT2D eigenvalue weighted by molar-refractivity contribution is 1.01. The number of nitrogens with zero attached hydrogens (tertiary/aromatic N) is 2. The standard InChI is InChI=1S/C39H28N2/c1-4-10-25(5-2)26-15-19-28(20-16-26)41-34-14-9-7-12-32(34)39-36(41)23-18-27-17-21-30-29(37(27)39)22-24-35-38(30)31-11-6-8-13-33(31)40(35)3/h4-24H,1-2H2,3H3/b25-10+. The SMILES string of the molecule is C=C/C=C(\C=C)c1ccc(-n2c3ccccc3c3c4c(ccc5c4ccc4c5c5ccccc5n4C)ccc32)cc1. The highest BCUT2D eigenvalue weighted by molar-refractivity contribution is 6.32. The number of rotatable bonds is 4. The third-order valence-electron chi connectivity index (χ3n) is 8.67. The normalized spacial score (nSPS) is 12.4. The fourth-order valence-corrected chi connectivity index (χ4v) is 6.84. The summed E-state index contributed by atoms with van der Waals surface area (Å²) in [6.45, 7) is 7.83. The molecule has 6 aromatic carbocycles. The highest BCUT2D eigenvalue weighted by Crippen LogP contribution is 2.42. The largest absolute Gasteiger partial charge is 0.344 e. The molecule has 0 unspecified atom stereocenters. The van der Waals surface area contributed by atoms with Gasteiger partial charge in [0.25, 0.3) is 0 Å². The Labute approximate surface area is 238 Å². The second kappa shape index (κ2) is 8.84.